The molecule has 0 aliphatic rings. The van der Waals surface area contributed by atoms with E-state index in [0.717, 1.165) is 10.9 Å². The van der Waals surface area contributed by atoms with Gasteiger partial charge in [-0.2, -0.15) is 13.2 Å². The molecule has 0 radical (unpaired) electrons. The van der Waals surface area contributed by atoms with Gasteiger partial charge in [-0.05, 0) is 23.4 Å². The molecule has 9 heteroatoms. The molecule has 1 unspecified atom stereocenters. The van der Waals surface area contributed by atoms with Gasteiger partial charge < -0.3 is 15.4 Å². The predicted octanol–water partition coefficient (Wildman–Crippen LogP) is 2.53. The number of aromatic nitrogens is 1. The number of carbonyl (C=O) groups excluding carboxylic acids is 1. The molecule has 1 heterocycles. The Bertz CT molecular complexity index is 715. The number of fused-ring (bicyclic) bond motifs is 1. The Morgan fingerprint density at radius 1 is 1.30 bits per heavy atom. The summed E-state index contributed by atoms with van der Waals surface area (Å²) in [6.07, 6.45) is 1.60. The Balaban J connectivity index is 2.04. The largest absolute Gasteiger partial charge is 0.480 e. The number of hydrogen-bond acceptors (Lipinski definition) is 3. The zero-order valence-corrected chi connectivity index (χ0v) is 12.5. The fraction of sp³-hybridized carbons (Fsp3) is 0.286. The number of aromatic amines is 1. The van der Waals surface area contributed by atoms with Crippen molar-refractivity contribution in [3.05, 3.63) is 36.0 Å². The second-order valence-corrected chi connectivity index (χ2v) is 5.80. The van der Waals surface area contributed by atoms with Crippen LogP contribution in [0.25, 0.3) is 10.9 Å². The Hall–Kier alpha value is -2.16. The Labute approximate surface area is 133 Å². The van der Waals surface area contributed by atoms with Crippen molar-refractivity contribution in [1.82, 2.24) is 10.3 Å². The average Bonchev–Trinajstić information content (AvgIpc) is 2.87. The lowest BCUT2D eigenvalue weighted by Crippen LogP contribution is -2.43. The molecule has 1 amide bonds. The van der Waals surface area contributed by atoms with E-state index in [4.69, 9.17) is 5.11 Å². The lowest BCUT2D eigenvalue weighted by atomic mass is 10.1. The van der Waals surface area contributed by atoms with E-state index < -0.39 is 40.9 Å². The number of hydrogen-bond donors (Lipinski definition) is 3. The standard InChI is InChI=1S/C14H13F3N2O3S/c15-14(16,17)23-7-12(20)19-11(13(21)22)5-8-6-18-10-4-2-1-3-9(8)10/h1-4,6,11,18H,5,7H2,(H,19,20)(H,21,22). The second-order valence-electron chi connectivity index (χ2n) is 4.76. The molecule has 0 bridgehead atoms. The zero-order chi connectivity index (χ0) is 17.0. The van der Waals surface area contributed by atoms with Crippen molar-refractivity contribution in [2.45, 2.75) is 18.0 Å². The highest BCUT2D eigenvalue weighted by atomic mass is 32.2. The molecular formula is C14H13F3N2O3S. The third-order valence-corrected chi connectivity index (χ3v) is 3.83. The third kappa shape index (κ3) is 4.92. The number of H-pyrrole nitrogens is 1. The van der Waals surface area contributed by atoms with Gasteiger partial charge in [0.15, 0.2) is 0 Å². The van der Waals surface area contributed by atoms with Crippen molar-refractivity contribution < 1.29 is 27.9 Å². The summed E-state index contributed by atoms with van der Waals surface area (Å²) in [5.74, 6) is -3.15. The summed E-state index contributed by atoms with van der Waals surface area (Å²) in [5, 5.41) is 12.1. The smallest absolute Gasteiger partial charge is 0.442 e. The van der Waals surface area contributed by atoms with E-state index in [2.05, 4.69) is 10.3 Å². The maximum Gasteiger partial charge on any atom is 0.442 e. The monoisotopic (exact) mass is 346 g/mol. The lowest BCUT2D eigenvalue weighted by Gasteiger charge is -2.14. The highest BCUT2D eigenvalue weighted by Crippen LogP contribution is 2.29. The van der Waals surface area contributed by atoms with E-state index in [1.165, 1.54) is 0 Å². The van der Waals surface area contributed by atoms with E-state index in [9.17, 15) is 22.8 Å². The molecule has 5 nitrogen and oxygen atoms in total. The van der Waals surface area contributed by atoms with E-state index in [-0.39, 0.29) is 6.42 Å². The number of aliphatic carboxylic acids is 1. The molecule has 0 saturated carbocycles. The van der Waals surface area contributed by atoms with Crippen LogP contribution in [0.1, 0.15) is 5.56 Å². The maximum atomic E-state index is 12.1. The minimum absolute atomic E-state index is 0.0260. The van der Waals surface area contributed by atoms with Gasteiger partial charge in [-0.15, -0.1) is 0 Å². The van der Waals surface area contributed by atoms with Crippen LogP contribution >= 0.6 is 11.8 Å². The minimum atomic E-state index is -4.53. The number of benzene rings is 1. The van der Waals surface area contributed by atoms with Gasteiger partial charge in [0.2, 0.25) is 5.91 Å². The second kappa shape index (κ2) is 6.95. The summed E-state index contributed by atoms with van der Waals surface area (Å²) in [7, 11) is 0. The van der Waals surface area contributed by atoms with Crippen molar-refractivity contribution in [3.8, 4) is 0 Å². The van der Waals surface area contributed by atoms with Gasteiger partial charge in [0.05, 0.1) is 5.75 Å². The number of alkyl halides is 3. The summed E-state index contributed by atoms with van der Waals surface area (Å²) in [6, 6.07) is 5.91. The van der Waals surface area contributed by atoms with E-state index >= 15 is 0 Å². The van der Waals surface area contributed by atoms with E-state index in [0.29, 0.717) is 5.56 Å². The number of carboxylic acid groups (broad SMARTS) is 1. The molecule has 0 fully saturated rings. The molecule has 2 aromatic rings. The molecule has 124 valence electrons. The first-order valence-electron chi connectivity index (χ1n) is 6.54. The Morgan fingerprint density at radius 3 is 2.65 bits per heavy atom. The summed E-state index contributed by atoms with van der Waals surface area (Å²) in [6.45, 7) is 0. The summed E-state index contributed by atoms with van der Waals surface area (Å²) in [4.78, 5) is 25.7. The summed E-state index contributed by atoms with van der Waals surface area (Å²) in [5.41, 5.74) is -3.06. The van der Waals surface area contributed by atoms with Gasteiger partial charge in [0.1, 0.15) is 6.04 Å². The number of para-hydroxylation sites is 1. The first-order valence-corrected chi connectivity index (χ1v) is 7.52. The fourth-order valence-electron chi connectivity index (χ4n) is 2.10. The van der Waals surface area contributed by atoms with Crippen LogP contribution in [0.2, 0.25) is 0 Å². The Morgan fingerprint density at radius 2 is 2.00 bits per heavy atom. The van der Waals surface area contributed by atoms with Crippen LogP contribution in [-0.2, 0) is 16.0 Å². The molecule has 1 atom stereocenters. The normalized spacial score (nSPS) is 13.0. The van der Waals surface area contributed by atoms with Crippen LogP contribution in [0.15, 0.2) is 30.5 Å². The maximum absolute atomic E-state index is 12.1. The van der Waals surface area contributed by atoms with Crippen molar-refractivity contribution >= 4 is 34.5 Å². The SMILES string of the molecule is O=C(CSC(F)(F)F)NC(Cc1c[nH]c2ccccc12)C(=O)O. The van der Waals surface area contributed by atoms with Crippen molar-refractivity contribution in [1.29, 1.82) is 0 Å². The van der Waals surface area contributed by atoms with Crippen LogP contribution in [-0.4, -0.2) is 39.3 Å². The lowest BCUT2D eigenvalue weighted by molar-refractivity contribution is -0.141. The van der Waals surface area contributed by atoms with Gasteiger partial charge in [-0.25, -0.2) is 4.79 Å². The molecule has 2 rings (SSSR count). The molecule has 0 spiro atoms. The van der Waals surface area contributed by atoms with Gasteiger partial charge >= 0.3 is 11.5 Å². The fourth-order valence-corrected chi connectivity index (χ4v) is 2.48. The van der Waals surface area contributed by atoms with Crippen LogP contribution < -0.4 is 5.32 Å². The first-order chi connectivity index (χ1) is 10.8. The molecule has 23 heavy (non-hydrogen) atoms. The molecule has 0 saturated heterocycles. The van der Waals surface area contributed by atoms with Crippen LogP contribution in [0, 0.1) is 0 Å². The van der Waals surface area contributed by atoms with Crippen molar-refractivity contribution in [3.63, 3.8) is 0 Å². The quantitative estimate of drug-likeness (QED) is 0.751. The molecule has 1 aromatic carbocycles. The van der Waals surface area contributed by atoms with Crippen LogP contribution in [0.3, 0.4) is 0 Å². The van der Waals surface area contributed by atoms with E-state index in [1.807, 2.05) is 12.1 Å². The number of thioether (sulfide) groups is 1. The van der Waals surface area contributed by atoms with Crippen LogP contribution in [0.4, 0.5) is 13.2 Å². The third-order valence-electron chi connectivity index (χ3n) is 3.10. The van der Waals surface area contributed by atoms with E-state index in [1.54, 1.807) is 18.3 Å². The first kappa shape index (κ1) is 17.2. The minimum Gasteiger partial charge on any atom is -0.480 e. The van der Waals surface area contributed by atoms with Gasteiger partial charge in [-0.1, -0.05) is 18.2 Å². The summed E-state index contributed by atoms with van der Waals surface area (Å²) >= 11 is -0.505. The molecule has 3 N–H and O–H groups in total. The zero-order valence-electron chi connectivity index (χ0n) is 11.7. The van der Waals surface area contributed by atoms with Crippen molar-refractivity contribution in [2.75, 3.05) is 5.75 Å². The number of rotatable bonds is 6. The molecular weight excluding hydrogens is 333 g/mol. The van der Waals surface area contributed by atoms with Gasteiger partial charge in [0, 0.05) is 23.5 Å². The van der Waals surface area contributed by atoms with Gasteiger partial charge in [0.25, 0.3) is 0 Å². The topological polar surface area (TPSA) is 82.2 Å². The molecule has 0 aliphatic heterocycles. The van der Waals surface area contributed by atoms with Crippen molar-refractivity contribution in [2.24, 2.45) is 0 Å². The molecule has 0 aliphatic carbocycles. The number of halogens is 3. The van der Waals surface area contributed by atoms with Crippen LogP contribution in [0.5, 0.6) is 0 Å². The Kier molecular flexibility index (Phi) is 5.19. The predicted molar refractivity (Wildman–Crippen MR) is 80.1 cm³/mol. The molecule has 1 aromatic heterocycles. The number of carboxylic acids is 1. The number of amides is 1. The average molecular weight is 346 g/mol. The number of nitrogens with one attached hydrogen (secondary N) is 2. The highest BCUT2D eigenvalue weighted by molar-refractivity contribution is 8.00. The number of carbonyl (C=O) groups is 2. The highest BCUT2D eigenvalue weighted by Gasteiger charge is 2.30. The van der Waals surface area contributed by atoms with Gasteiger partial charge in [-0.3, -0.25) is 4.79 Å². The summed E-state index contributed by atoms with van der Waals surface area (Å²) < 4.78 is 36.2.